The van der Waals surface area contributed by atoms with Crippen LogP contribution in [0.5, 0.6) is 0 Å². The van der Waals surface area contributed by atoms with E-state index >= 15 is 0 Å². The summed E-state index contributed by atoms with van der Waals surface area (Å²) in [6.07, 6.45) is 0. The van der Waals surface area contributed by atoms with Gasteiger partial charge < -0.3 is 5.73 Å². The molecule has 1 aromatic rings. The van der Waals surface area contributed by atoms with E-state index in [-0.39, 0.29) is 18.0 Å². The zero-order valence-electron chi connectivity index (χ0n) is 8.92. The Kier molecular flexibility index (Phi) is 4.01. The molecule has 0 heterocycles. The Morgan fingerprint density at radius 3 is 2.75 bits per heavy atom. The molecule has 16 heavy (non-hydrogen) atoms. The van der Waals surface area contributed by atoms with Gasteiger partial charge in [-0.2, -0.15) is 9.57 Å². The molecular weight excluding hydrogens is 226 g/mol. The fourth-order valence-electron chi connectivity index (χ4n) is 1.21. The summed E-state index contributed by atoms with van der Waals surface area (Å²) in [5, 5.41) is 8.69. The summed E-state index contributed by atoms with van der Waals surface area (Å²) < 4.78 is 25.1. The summed E-state index contributed by atoms with van der Waals surface area (Å²) in [7, 11) is -2.07. The lowest BCUT2D eigenvalue weighted by Gasteiger charge is -2.15. The van der Waals surface area contributed by atoms with E-state index in [1.807, 2.05) is 6.07 Å². The van der Waals surface area contributed by atoms with Crippen LogP contribution in [-0.4, -0.2) is 32.9 Å². The summed E-state index contributed by atoms with van der Waals surface area (Å²) in [4.78, 5) is 0.113. The van der Waals surface area contributed by atoms with Crippen molar-refractivity contribution in [2.45, 2.75) is 4.90 Å². The standard InChI is InChI=1S/C10H13N3O2S/c1-13(6-5-11)16(14,15)10-4-2-3-9(7-10)8-12/h2-4,7H,5-6,11H2,1H3. The molecule has 0 saturated carbocycles. The van der Waals surface area contributed by atoms with Crippen LogP contribution in [0.2, 0.25) is 0 Å². The van der Waals surface area contributed by atoms with E-state index in [9.17, 15) is 8.42 Å². The van der Waals surface area contributed by atoms with Crippen LogP contribution < -0.4 is 5.73 Å². The second-order valence-electron chi connectivity index (χ2n) is 3.25. The van der Waals surface area contributed by atoms with Crippen LogP contribution in [-0.2, 0) is 10.0 Å². The molecule has 2 N–H and O–H groups in total. The second kappa shape index (κ2) is 5.07. The van der Waals surface area contributed by atoms with Gasteiger partial charge in [-0.1, -0.05) is 6.07 Å². The first-order valence-electron chi connectivity index (χ1n) is 4.69. The van der Waals surface area contributed by atoms with Crippen LogP contribution in [0.4, 0.5) is 0 Å². The number of rotatable bonds is 4. The van der Waals surface area contributed by atoms with E-state index in [2.05, 4.69) is 0 Å². The predicted octanol–water partition coefficient (Wildman–Crippen LogP) is 0.137. The topological polar surface area (TPSA) is 87.2 Å². The average Bonchev–Trinajstić information content (AvgIpc) is 2.29. The molecule has 0 aliphatic heterocycles. The molecule has 1 rings (SSSR count). The number of hydrogen-bond acceptors (Lipinski definition) is 4. The molecule has 0 aromatic heterocycles. The molecule has 1 aromatic carbocycles. The van der Waals surface area contributed by atoms with Crippen molar-refractivity contribution in [3.63, 3.8) is 0 Å². The molecule has 0 fully saturated rings. The van der Waals surface area contributed by atoms with Gasteiger partial charge in [0, 0.05) is 20.1 Å². The minimum Gasteiger partial charge on any atom is -0.329 e. The van der Waals surface area contributed by atoms with Crippen molar-refractivity contribution in [1.82, 2.24) is 4.31 Å². The lowest BCUT2D eigenvalue weighted by Crippen LogP contribution is -2.31. The molecule has 86 valence electrons. The number of nitrogens with zero attached hydrogens (tertiary/aromatic N) is 2. The van der Waals surface area contributed by atoms with Crippen molar-refractivity contribution in [2.24, 2.45) is 5.73 Å². The number of nitriles is 1. The maximum Gasteiger partial charge on any atom is 0.242 e. The Morgan fingerprint density at radius 1 is 1.50 bits per heavy atom. The third kappa shape index (κ3) is 2.58. The molecule has 0 atom stereocenters. The third-order valence-corrected chi connectivity index (χ3v) is 3.97. The molecule has 0 saturated heterocycles. The molecule has 0 spiro atoms. The van der Waals surface area contributed by atoms with E-state index in [0.29, 0.717) is 5.56 Å². The molecule has 0 radical (unpaired) electrons. The second-order valence-corrected chi connectivity index (χ2v) is 5.30. The van der Waals surface area contributed by atoms with Crippen molar-refractivity contribution < 1.29 is 8.42 Å². The fourth-order valence-corrected chi connectivity index (χ4v) is 2.44. The van der Waals surface area contributed by atoms with Gasteiger partial charge >= 0.3 is 0 Å². The Labute approximate surface area is 95.1 Å². The third-order valence-electron chi connectivity index (χ3n) is 2.12. The quantitative estimate of drug-likeness (QED) is 0.809. The van der Waals surface area contributed by atoms with Crippen molar-refractivity contribution in [1.29, 1.82) is 5.26 Å². The van der Waals surface area contributed by atoms with E-state index in [0.717, 1.165) is 0 Å². The van der Waals surface area contributed by atoms with Crippen LogP contribution in [0, 0.1) is 11.3 Å². The number of hydrogen-bond donors (Lipinski definition) is 1. The molecule has 0 amide bonds. The predicted molar refractivity (Wildman–Crippen MR) is 60.0 cm³/mol. The number of likely N-dealkylation sites (N-methyl/N-ethyl adjacent to an activating group) is 1. The monoisotopic (exact) mass is 239 g/mol. The summed E-state index contributed by atoms with van der Waals surface area (Å²) >= 11 is 0. The molecule has 0 aliphatic carbocycles. The van der Waals surface area contributed by atoms with Gasteiger partial charge in [-0.05, 0) is 18.2 Å². The molecule has 0 unspecified atom stereocenters. The maximum absolute atomic E-state index is 12.0. The van der Waals surface area contributed by atoms with Gasteiger partial charge in [0.2, 0.25) is 10.0 Å². The minimum absolute atomic E-state index is 0.113. The molecule has 6 heteroatoms. The van der Waals surface area contributed by atoms with Gasteiger partial charge in [-0.15, -0.1) is 0 Å². The lowest BCUT2D eigenvalue weighted by molar-refractivity contribution is 0.476. The van der Waals surface area contributed by atoms with Gasteiger partial charge in [0.25, 0.3) is 0 Å². The lowest BCUT2D eigenvalue weighted by atomic mass is 10.2. The van der Waals surface area contributed by atoms with Crippen LogP contribution in [0.1, 0.15) is 5.56 Å². The summed E-state index contributed by atoms with van der Waals surface area (Å²) in [6.45, 7) is 0.507. The first kappa shape index (κ1) is 12.6. The molecule has 0 bridgehead atoms. The van der Waals surface area contributed by atoms with Crippen molar-refractivity contribution in [3.8, 4) is 6.07 Å². The van der Waals surface area contributed by atoms with Crippen molar-refractivity contribution in [3.05, 3.63) is 29.8 Å². The Bertz CT molecular complexity index is 505. The largest absolute Gasteiger partial charge is 0.329 e. The average molecular weight is 239 g/mol. The van der Waals surface area contributed by atoms with Gasteiger partial charge in [0.05, 0.1) is 16.5 Å². The minimum atomic E-state index is -3.53. The van der Waals surface area contributed by atoms with E-state index in [1.54, 1.807) is 12.1 Å². The molecule has 0 aliphatic rings. The normalized spacial score (nSPS) is 11.4. The number of nitrogens with two attached hydrogens (primary N) is 1. The Morgan fingerprint density at radius 2 is 2.19 bits per heavy atom. The number of benzene rings is 1. The van der Waals surface area contributed by atoms with Gasteiger partial charge in [0.1, 0.15) is 0 Å². The van der Waals surface area contributed by atoms with E-state index in [4.69, 9.17) is 11.0 Å². The van der Waals surface area contributed by atoms with Crippen LogP contribution in [0.25, 0.3) is 0 Å². The van der Waals surface area contributed by atoms with E-state index < -0.39 is 10.0 Å². The molecular formula is C10H13N3O2S. The number of sulfonamides is 1. The van der Waals surface area contributed by atoms with Gasteiger partial charge in [-0.25, -0.2) is 8.42 Å². The first-order valence-corrected chi connectivity index (χ1v) is 6.13. The van der Waals surface area contributed by atoms with Crippen LogP contribution in [0.15, 0.2) is 29.2 Å². The highest BCUT2D eigenvalue weighted by Gasteiger charge is 2.19. The highest BCUT2D eigenvalue weighted by Crippen LogP contribution is 2.15. The summed E-state index contributed by atoms with van der Waals surface area (Å²) in [6, 6.07) is 7.81. The zero-order valence-corrected chi connectivity index (χ0v) is 9.74. The fraction of sp³-hybridized carbons (Fsp3) is 0.300. The zero-order chi connectivity index (χ0) is 12.2. The van der Waals surface area contributed by atoms with E-state index in [1.165, 1.54) is 23.5 Å². The maximum atomic E-state index is 12.0. The smallest absolute Gasteiger partial charge is 0.242 e. The highest BCUT2D eigenvalue weighted by molar-refractivity contribution is 7.89. The van der Waals surface area contributed by atoms with Gasteiger partial charge in [-0.3, -0.25) is 0 Å². The Hall–Kier alpha value is -1.42. The van der Waals surface area contributed by atoms with Crippen molar-refractivity contribution >= 4 is 10.0 Å². The molecule has 5 nitrogen and oxygen atoms in total. The van der Waals surface area contributed by atoms with Crippen LogP contribution in [0.3, 0.4) is 0 Å². The van der Waals surface area contributed by atoms with Gasteiger partial charge in [0.15, 0.2) is 0 Å². The van der Waals surface area contributed by atoms with Crippen LogP contribution >= 0.6 is 0 Å². The summed E-state index contributed by atoms with van der Waals surface area (Å²) in [5.74, 6) is 0. The first-order chi connectivity index (χ1) is 7.52. The SMILES string of the molecule is CN(CCN)S(=O)(=O)c1cccc(C#N)c1. The summed E-state index contributed by atoms with van der Waals surface area (Å²) in [5.41, 5.74) is 5.62. The Balaban J connectivity index is 3.13. The van der Waals surface area contributed by atoms with Crippen molar-refractivity contribution in [2.75, 3.05) is 20.1 Å². The highest BCUT2D eigenvalue weighted by atomic mass is 32.2.